The number of hydrogen-bond donors (Lipinski definition) is 2. The number of hydrogen-bond acceptors (Lipinski definition) is 5. The lowest BCUT2D eigenvalue weighted by molar-refractivity contribution is 0.624. The minimum Gasteiger partial charge on any atom is -0.375 e. The van der Waals surface area contributed by atoms with Crippen molar-refractivity contribution in [1.82, 2.24) is 15.2 Å². The molecule has 136 valence electrons. The van der Waals surface area contributed by atoms with Crippen LogP contribution in [0.1, 0.15) is 16.1 Å². The van der Waals surface area contributed by atoms with Crippen molar-refractivity contribution in [2.75, 3.05) is 10.6 Å². The Morgan fingerprint density at radius 3 is 2.56 bits per heavy atom. The quantitative estimate of drug-likeness (QED) is 0.517. The molecule has 0 atom stereocenters. The molecule has 0 unspecified atom stereocenters. The lowest BCUT2D eigenvalue weighted by atomic mass is 10.1. The van der Waals surface area contributed by atoms with Crippen LogP contribution >= 0.6 is 11.3 Å². The van der Waals surface area contributed by atoms with E-state index in [0.29, 0.717) is 29.6 Å². The molecule has 7 heteroatoms. The van der Waals surface area contributed by atoms with Crippen LogP contribution in [0.2, 0.25) is 0 Å². The maximum Gasteiger partial charge on any atom is 0.180 e. The minimum absolute atomic E-state index is 0.297. The third-order valence-corrected chi connectivity index (χ3v) is 5.14. The molecule has 0 aliphatic heterocycles. The van der Waals surface area contributed by atoms with E-state index in [0.717, 1.165) is 16.1 Å². The van der Waals surface area contributed by atoms with Crippen LogP contribution < -0.4 is 10.6 Å². The van der Waals surface area contributed by atoms with Gasteiger partial charge in [-0.1, -0.05) is 42.5 Å². The second-order valence-corrected chi connectivity index (χ2v) is 7.18. The SMILES string of the molecule is Nc1nc(Cc2ccccc2)c(CN(c2ccn[nH]2)c2ccccc2F)s1. The van der Waals surface area contributed by atoms with Crippen LogP contribution in [0.3, 0.4) is 0 Å². The highest BCUT2D eigenvalue weighted by molar-refractivity contribution is 7.15. The number of anilines is 3. The molecular weight excluding hydrogens is 361 g/mol. The Hall–Kier alpha value is -3.19. The first kappa shape index (κ1) is 17.2. The summed E-state index contributed by atoms with van der Waals surface area (Å²) in [6, 6.07) is 18.6. The molecule has 5 nitrogen and oxygen atoms in total. The summed E-state index contributed by atoms with van der Waals surface area (Å²) in [5.41, 5.74) is 8.52. The molecule has 27 heavy (non-hydrogen) atoms. The first-order valence-electron chi connectivity index (χ1n) is 8.50. The van der Waals surface area contributed by atoms with Gasteiger partial charge >= 0.3 is 0 Å². The summed E-state index contributed by atoms with van der Waals surface area (Å²) in [7, 11) is 0. The molecule has 4 aromatic rings. The number of thiazole rings is 1. The number of benzene rings is 2. The third-order valence-electron chi connectivity index (χ3n) is 4.23. The van der Waals surface area contributed by atoms with E-state index in [1.807, 2.05) is 35.2 Å². The van der Waals surface area contributed by atoms with Crippen LogP contribution in [0.25, 0.3) is 0 Å². The van der Waals surface area contributed by atoms with Gasteiger partial charge in [0.25, 0.3) is 0 Å². The van der Waals surface area contributed by atoms with Crippen molar-refractivity contribution >= 4 is 28.0 Å². The number of para-hydroxylation sites is 1. The van der Waals surface area contributed by atoms with Crippen molar-refractivity contribution in [3.05, 3.63) is 88.8 Å². The largest absolute Gasteiger partial charge is 0.375 e. The molecule has 2 aromatic heterocycles. The summed E-state index contributed by atoms with van der Waals surface area (Å²) < 4.78 is 14.5. The Balaban J connectivity index is 1.69. The van der Waals surface area contributed by atoms with Crippen LogP contribution in [-0.4, -0.2) is 15.2 Å². The van der Waals surface area contributed by atoms with Crippen LogP contribution in [0.5, 0.6) is 0 Å². The van der Waals surface area contributed by atoms with Crippen LogP contribution in [0, 0.1) is 5.82 Å². The number of H-pyrrole nitrogens is 1. The van der Waals surface area contributed by atoms with Gasteiger partial charge < -0.3 is 10.6 Å². The van der Waals surface area contributed by atoms with Gasteiger partial charge in [0, 0.05) is 17.4 Å². The number of rotatable bonds is 6. The van der Waals surface area contributed by atoms with Gasteiger partial charge in [-0.3, -0.25) is 5.10 Å². The molecule has 4 rings (SSSR count). The molecule has 0 fully saturated rings. The summed E-state index contributed by atoms with van der Waals surface area (Å²) >= 11 is 1.43. The average molecular weight is 379 g/mol. The topological polar surface area (TPSA) is 70.8 Å². The predicted molar refractivity (Wildman–Crippen MR) is 107 cm³/mol. The van der Waals surface area contributed by atoms with Crippen molar-refractivity contribution in [3.63, 3.8) is 0 Å². The molecule has 0 saturated carbocycles. The summed E-state index contributed by atoms with van der Waals surface area (Å²) in [5.74, 6) is 0.409. The molecule has 0 aliphatic carbocycles. The summed E-state index contributed by atoms with van der Waals surface area (Å²) in [5, 5.41) is 7.44. The standard InChI is InChI=1S/C20H18FN5S/c21-15-8-4-5-9-17(15)26(19-10-11-23-25-19)13-18-16(24-20(22)27-18)12-14-6-2-1-3-7-14/h1-11H,12-13H2,(H2,22,24)(H,23,25). The van der Waals surface area contributed by atoms with Crippen molar-refractivity contribution in [2.24, 2.45) is 0 Å². The van der Waals surface area contributed by atoms with E-state index in [2.05, 4.69) is 27.3 Å². The predicted octanol–water partition coefficient (Wildman–Crippen LogP) is 4.52. The maximum absolute atomic E-state index is 14.5. The average Bonchev–Trinajstić information content (AvgIpc) is 3.31. The Bertz CT molecular complexity index is 1010. The normalized spacial score (nSPS) is 10.9. The first-order valence-corrected chi connectivity index (χ1v) is 9.32. The van der Waals surface area contributed by atoms with Crippen molar-refractivity contribution in [2.45, 2.75) is 13.0 Å². The van der Waals surface area contributed by atoms with E-state index in [4.69, 9.17) is 5.73 Å². The first-order chi connectivity index (χ1) is 13.2. The molecule has 0 radical (unpaired) electrons. The summed E-state index contributed by atoms with van der Waals surface area (Å²) in [4.78, 5) is 7.35. The van der Waals surface area contributed by atoms with Gasteiger partial charge in [-0.2, -0.15) is 5.10 Å². The Morgan fingerprint density at radius 2 is 1.81 bits per heavy atom. The van der Waals surface area contributed by atoms with Crippen LogP contribution in [-0.2, 0) is 13.0 Å². The Kier molecular flexibility index (Phi) is 4.84. The van der Waals surface area contributed by atoms with E-state index < -0.39 is 0 Å². The highest BCUT2D eigenvalue weighted by Crippen LogP contribution is 2.32. The zero-order chi connectivity index (χ0) is 18.6. The van der Waals surface area contributed by atoms with Crippen molar-refractivity contribution < 1.29 is 4.39 Å². The second kappa shape index (κ2) is 7.59. The van der Waals surface area contributed by atoms with Gasteiger partial charge in [-0.25, -0.2) is 9.37 Å². The fraction of sp³-hybridized carbons (Fsp3) is 0.100. The van der Waals surface area contributed by atoms with Crippen molar-refractivity contribution in [1.29, 1.82) is 0 Å². The number of nitrogen functional groups attached to an aromatic ring is 1. The highest BCUT2D eigenvalue weighted by atomic mass is 32.1. The molecule has 0 bridgehead atoms. The highest BCUT2D eigenvalue weighted by Gasteiger charge is 2.19. The van der Waals surface area contributed by atoms with Gasteiger partial charge in [-0.05, 0) is 17.7 Å². The van der Waals surface area contributed by atoms with E-state index in [1.165, 1.54) is 17.4 Å². The zero-order valence-electron chi connectivity index (χ0n) is 14.5. The molecule has 0 spiro atoms. The molecule has 0 aliphatic rings. The minimum atomic E-state index is -0.297. The lowest BCUT2D eigenvalue weighted by Crippen LogP contribution is -2.18. The summed E-state index contributed by atoms with van der Waals surface area (Å²) in [6.45, 7) is 0.445. The van der Waals surface area contributed by atoms with E-state index >= 15 is 0 Å². The zero-order valence-corrected chi connectivity index (χ0v) is 15.3. The molecule has 0 saturated heterocycles. The van der Waals surface area contributed by atoms with Gasteiger partial charge in [0.1, 0.15) is 11.6 Å². The van der Waals surface area contributed by atoms with Gasteiger partial charge in [0.05, 0.1) is 24.1 Å². The summed E-state index contributed by atoms with van der Waals surface area (Å²) in [6.07, 6.45) is 2.33. The van der Waals surface area contributed by atoms with Gasteiger partial charge in [-0.15, -0.1) is 11.3 Å². The molecule has 3 N–H and O–H groups in total. The van der Waals surface area contributed by atoms with E-state index in [-0.39, 0.29) is 5.82 Å². The van der Waals surface area contributed by atoms with Crippen LogP contribution in [0.4, 0.5) is 21.0 Å². The number of halogens is 1. The van der Waals surface area contributed by atoms with Crippen molar-refractivity contribution in [3.8, 4) is 0 Å². The third kappa shape index (κ3) is 3.83. The fourth-order valence-electron chi connectivity index (χ4n) is 2.97. The Morgan fingerprint density at radius 1 is 1.04 bits per heavy atom. The number of nitrogens with two attached hydrogens (primary N) is 1. The molecule has 2 heterocycles. The fourth-order valence-corrected chi connectivity index (χ4v) is 3.80. The van der Waals surface area contributed by atoms with E-state index in [9.17, 15) is 4.39 Å². The number of aromatic amines is 1. The monoisotopic (exact) mass is 379 g/mol. The molecule has 2 aromatic carbocycles. The number of aromatic nitrogens is 3. The van der Waals surface area contributed by atoms with Gasteiger partial charge in [0.15, 0.2) is 5.13 Å². The van der Waals surface area contributed by atoms with Crippen LogP contribution in [0.15, 0.2) is 66.9 Å². The molecule has 0 amide bonds. The second-order valence-electron chi connectivity index (χ2n) is 6.06. The Labute approximate surface area is 160 Å². The van der Waals surface area contributed by atoms with E-state index in [1.54, 1.807) is 18.3 Å². The lowest BCUT2D eigenvalue weighted by Gasteiger charge is -2.23. The number of nitrogens with one attached hydrogen (secondary N) is 1. The maximum atomic E-state index is 14.5. The van der Waals surface area contributed by atoms with Gasteiger partial charge in [0.2, 0.25) is 0 Å². The number of nitrogens with zero attached hydrogens (tertiary/aromatic N) is 3. The smallest absolute Gasteiger partial charge is 0.180 e. The molecular formula is C20H18FN5S.